The van der Waals surface area contributed by atoms with Crippen molar-refractivity contribution in [3.8, 4) is 5.75 Å². The third-order valence-electron chi connectivity index (χ3n) is 4.07. The second-order valence-electron chi connectivity index (χ2n) is 6.00. The van der Waals surface area contributed by atoms with Crippen molar-refractivity contribution in [3.05, 3.63) is 65.7 Å². The first kappa shape index (κ1) is 20.3. The number of carbonyl (C=O) groups is 2. The number of benzene rings is 2. The summed E-state index contributed by atoms with van der Waals surface area (Å²) in [4.78, 5) is 24.0. The molecule has 0 spiro atoms. The average Bonchev–Trinajstić information content (AvgIpc) is 2.72. The molecule has 6 heteroatoms. The minimum atomic E-state index is -0.569. The summed E-state index contributed by atoms with van der Waals surface area (Å²) in [5.74, 6) is -0.0120. The number of hydrogen-bond donors (Lipinski definition) is 1. The summed E-state index contributed by atoms with van der Waals surface area (Å²) < 4.78 is 15.6. The van der Waals surface area contributed by atoms with Crippen molar-refractivity contribution < 1.29 is 23.8 Å². The minimum absolute atomic E-state index is 0.144. The van der Waals surface area contributed by atoms with Gasteiger partial charge in [-0.15, -0.1) is 0 Å². The SMILES string of the molecule is CCC(CNC(=O)OCc1ccc(OC)cc1)C(=O)OCc1ccccc1. The largest absolute Gasteiger partial charge is 0.497 e. The maximum absolute atomic E-state index is 12.2. The highest BCUT2D eigenvalue weighted by Gasteiger charge is 2.19. The van der Waals surface area contributed by atoms with Crippen LogP contribution in [-0.4, -0.2) is 25.7 Å². The molecule has 0 aliphatic rings. The first-order valence-corrected chi connectivity index (χ1v) is 8.86. The van der Waals surface area contributed by atoms with Crippen LogP contribution in [0.5, 0.6) is 5.75 Å². The molecular formula is C21H25NO5. The minimum Gasteiger partial charge on any atom is -0.497 e. The Bertz CT molecular complexity index is 715. The lowest BCUT2D eigenvalue weighted by Gasteiger charge is -2.15. The van der Waals surface area contributed by atoms with Crippen LogP contribution in [0, 0.1) is 5.92 Å². The van der Waals surface area contributed by atoms with E-state index in [2.05, 4.69) is 5.32 Å². The van der Waals surface area contributed by atoms with E-state index in [1.807, 2.05) is 49.4 Å². The van der Waals surface area contributed by atoms with Gasteiger partial charge in [0.15, 0.2) is 0 Å². The summed E-state index contributed by atoms with van der Waals surface area (Å²) in [6.07, 6.45) is -0.00744. The van der Waals surface area contributed by atoms with Gasteiger partial charge in [0, 0.05) is 6.54 Å². The van der Waals surface area contributed by atoms with E-state index in [1.165, 1.54) is 0 Å². The number of rotatable bonds is 9. The van der Waals surface area contributed by atoms with Gasteiger partial charge in [-0.3, -0.25) is 4.79 Å². The number of nitrogens with one attached hydrogen (secondary N) is 1. The fourth-order valence-corrected chi connectivity index (χ4v) is 2.37. The molecule has 0 heterocycles. The van der Waals surface area contributed by atoms with Crippen LogP contribution in [0.4, 0.5) is 4.79 Å². The van der Waals surface area contributed by atoms with Crippen molar-refractivity contribution in [2.45, 2.75) is 26.6 Å². The molecule has 2 rings (SSSR count). The van der Waals surface area contributed by atoms with Crippen LogP contribution in [0.3, 0.4) is 0 Å². The highest BCUT2D eigenvalue weighted by atomic mass is 16.5. The van der Waals surface area contributed by atoms with Crippen LogP contribution >= 0.6 is 0 Å². The Hall–Kier alpha value is -3.02. The van der Waals surface area contributed by atoms with Gasteiger partial charge in [-0.25, -0.2) is 4.79 Å². The number of carbonyl (C=O) groups excluding carboxylic acids is 2. The fourth-order valence-electron chi connectivity index (χ4n) is 2.37. The van der Waals surface area contributed by atoms with E-state index in [1.54, 1.807) is 19.2 Å². The topological polar surface area (TPSA) is 73.9 Å². The predicted octanol–water partition coefficient (Wildman–Crippen LogP) is 3.69. The van der Waals surface area contributed by atoms with Crippen LogP contribution in [-0.2, 0) is 27.5 Å². The maximum atomic E-state index is 12.2. The van der Waals surface area contributed by atoms with Gasteiger partial charge in [0.05, 0.1) is 13.0 Å². The van der Waals surface area contributed by atoms with E-state index in [-0.39, 0.29) is 25.7 Å². The van der Waals surface area contributed by atoms with Gasteiger partial charge in [0.2, 0.25) is 0 Å². The molecule has 1 atom stereocenters. The molecule has 0 radical (unpaired) electrons. The molecule has 27 heavy (non-hydrogen) atoms. The summed E-state index contributed by atoms with van der Waals surface area (Å²) in [5.41, 5.74) is 1.77. The average molecular weight is 371 g/mol. The molecule has 1 amide bonds. The highest BCUT2D eigenvalue weighted by molar-refractivity contribution is 5.74. The molecule has 144 valence electrons. The van der Waals surface area contributed by atoms with E-state index in [0.717, 1.165) is 16.9 Å². The van der Waals surface area contributed by atoms with E-state index >= 15 is 0 Å². The van der Waals surface area contributed by atoms with Crippen molar-refractivity contribution in [2.75, 3.05) is 13.7 Å². The second-order valence-corrected chi connectivity index (χ2v) is 6.00. The molecule has 0 bridgehead atoms. The summed E-state index contributed by atoms with van der Waals surface area (Å²) in [7, 11) is 1.59. The molecule has 2 aromatic carbocycles. The molecule has 6 nitrogen and oxygen atoms in total. The number of hydrogen-bond acceptors (Lipinski definition) is 5. The quantitative estimate of drug-likeness (QED) is 0.681. The van der Waals surface area contributed by atoms with Gasteiger partial charge < -0.3 is 19.5 Å². The zero-order valence-corrected chi connectivity index (χ0v) is 15.6. The van der Waals surface area contributed by atoms with Gasteiger partial charge in [0.1, 0.15) is 19.0 Å². The van der Waals surface area contributed by atoms with Gasteiger partial charge >= 0.3 is 12.1 Å². The number of alkyl carbamates (subject to hydrolysis) is 1. The van der Waals surface area contributed by atoms with Crippen LogP contribution < -0.4 is 10.1 Å². The van der Waals surface area contributed by atoms with Gasteiger partial charge in [-0.1, -0.05) is 49.4 Å². The number of methoxy groups -OCH3 is 1. The van der Waals surface area contributed by atoms with Crippen LogP contribution in [0.2, 0.25) is 0 Å². The molecule has 0 aliphatic carbocycles. The Morgan fingerprint density at radius 3 is 2.19 bits per heavy atom. The molecular weight excluding hydrogens is 346 g/mol. The standard InChI is InChI=1S/C21H25NO5/c1-3-18(20(23)26-14-16-7-5-4-6-8-16)13-22-21(24)27-15-17-9-11-19(25-2)12-10-17/h4-12,18H,3,13-15H2,1-2H3,(H,22,24). The van der Waals surface area contributed by atoms with E-state index < -0.39 is 12.0 Å². The Kier molecular flexibility index (Phi) is 8.16. The van der Waals surface area contributed by atoms with Gasteiger partial charge in [0.25, 0.3) is 0 Å². The summed E-state index contributed by atoms with van der Waals surface area (Å²) in [5, 5.41) is 2.62. The normalized spacial score (nSPS) is 11.3. The van der Waals surface area contributed by atoms with Crippen molar-refractivity contribution in [3.63, 3.8) is 0 Å². The predicted molar refractivity (Wildman–Crippen MR) is 101 cm³/mol. The molecule has 2 aromatic rings. The van der Waals surface area contributed by atoms with Crippen molar-refractivity contribution >= 4 is 12.1 Å². The zero-order valence-electron chi connectivity index (χ0n) is 15.6. The molecule has 0 aliphatic heterocycles. The van der Waals surface area contributed by atoms with Crippen LogP contribution in [0.1, 0.15) is 24.5 Å². The molecule has 0 aromatic heterocycles. The number of esters is 1. The van der Waals surface area contributed by atoms with Gasteiger partial charge in [-0.2, -0.15) is 0 Å². The first-order chi connectivity index (χ1) is 13.1. The Morgan fingerprint density at radius 2 is 1.56 bits per heavy atom. The monoisotopic (exact) mass is 371 g/mol. The summed E-state index contributed by atoms with van der Waals surface area (Å²) in [6.45, 7) is 2.41. The van der Waals surface area contributed by atoms with Crippen LogP contribution in [0.15, 0.2) is 54.6 Å². The molecule has 0 saturated carbocycles. The fraction of sp³-hybridized carbons (Fsp3) is 0.333. The van der Waals surface area contributed by atoms with Crippen molar-refractivity contribution in [1.29, 1.82) is 0 Å². The van der Waals surface area contributed by atoms with E-state index in [9.17, 15) is 9.59 Å². The van der Waals surface area contributed by atoms with Crippen molar-refractivity contribution in [1.82, 2.24) is 5.32 Å². The van der Waals surface area contributed by atoms with Crippen LogP contribution in [0.25, 0.3) is 0 Å². The lowest BCUT2D eigenvalue weighted by molar-refractivity contribution is -0.149. The molecule has 0 fully saturated rings. The Labute approximate surface area is 159 Å². The molecule has 0 saturated heterocycles. The summed E-state index contributed by atoms with van der Waals surface area (Å²) >= 11 is 0. The number of ether oxygens (including phenoxy) is 3. The lowest BCUT2D eigenvalue weighted by Crippen LogP contribution is -2.33. The lowest BCUT2D eigenvalue weighted by atomic mass is 10.1. The third kappa shape index (κ3) is 7.01. The maximum Gasteiger partial charge on any atom is 0.407 e. The summed E-state index contributed by atoms with van der Waals surface area (Å²) in [6, 6.07) is 16.7. The second kappa shape index (κ2) is 10.9. The Balaban J connectivity index is 1.71. The van der Waals surface area contributed by atoms with Gasteiger partial charge in [-0.05, 0) is 29.7 Å². The van der Waals surface area contributed by atoms with E-state index in [0.29, 0.717) is 6.42 Å². The van der Waals surface area contributed by atoms with Crippen molar-refractivity contribution in [2.24, 2.45) is 5.92 Å². The highest BCUT2D eigenvalue weighted by Crippen LogP contribution is 2.12. The number of amides is 1. The van der Waals surface area contributed by atoms with E-state index in [4.69, 9.17) is 14.2 Å². The zero-order chi connectivity index (χ0) is 19.5. The Morgan fingerprint density at radius 1 is 0.926 bits per heavy atom. The smallest absolute Gasteiger partial charge is 0.407 e. The molecule has 1 N–H and O–H groups in total. The first-order valence-electron chi connectivity index (χ1n) is 8.86. The third-order valence-corrected chi connectivity index (χ3v) is 4.07. The molecule has 1 unspecified atom stereocenters.